The van der Waals surface area contributed by atoms with Gasteiger partial charge >= 0.3 is 0 Å². The SMILES string of the molecule is O=c1cc(-c2ccccc2)[nH]c2c(-c3ccccn3)cnn12. The molecule has 4 aromatic rings. The zero-order valence-electron chi connectivity index (χ0n) is 11.6. The monoisotopic (exact) mass is 288 g/mol. The van der Waals surface area contributed by atoms with E-state index in [1.165, 1.54) is 4.52 Å². The van der Waals surface area contributed by atoms with Gasteiger partial charge in [-0.05, 0) is 17.7 Å². The quantitative estimate of drug-likeness (QED) is 0.617. The molecule has 0 atom stereocenters. The molecule has 106 valence electrons. The summed E-state index contributed by atoms with van der Waals surface area (Å²) in [6.07, 6.45) is 3.38. The first-order valence-corrected chi connectivity index (χ1v) is 6.91. The molecule has 1 N–H and O–H groups in total. The molecule has 5 heteroatoms. The lowest BCUT2D eigenvalue weighted by Gasteiger charge is -2.04. The third-order valence-electron chi connectivity index (χ3n) is 3.52. The van der Waals surface area contributed by atoms with Gasteiger partial charge in [-0.15, -0.1) is 0 Å². The highest BCUT2D eigenvalue weighted by Crippen LogP contribution is 2.22. The average molecular weight is 288 g/mol. The van der Waals surface area contributed by atoms with Crippen molar-refractivity contribution in [2.24, 2.45) is 0 Å². The fourth-order valence-corrected chi connectivity index (χ4v) is 2.47. The molecule has 0 bridgehead atoms. The van der Waals surface area contributed by atoms with Gasteiger partial charge in [0.1, 0.15) is 5.65 Å². The Morgan fingerprint density at radius 3 is 2.59 bits per heavy atom. The first-order valence-electron chi connectivity index (χ1n) is 6.91. The van der Waals surface area contributed by atoms with Crippen molar-refractivity contribution in [3.05, 3.63) is 77.3 Å². The number of nitrogens with zero attached hydrogens (tertiary/aromatic N) is 3. The highest BCUT2D eigenvalue weighted by atomic mass is 16.1. The summed E-state index contributed by atoms with van der Waals surface area (Å²) in [5.74, 6) is 0. The zero-order chi connectivity index (χ0) is 14.9. The van der Waals surface area contributed by atoms with Crippen LogP contribution in [0, 0.1) is 0 Å². The number of nitrogens with one attached hydrogen (secondary N) is 1. The Morgan fingerprint density at radius 2 is 1.82 bits per heavy atom. The maximum Gasteiger partial charge on any atom is 0.274 e. The largest absolute Gasteiger partial charge is 0.339 e. The highest BCUT2D eigenvalue weighted by Gasteiger charge is 2.11. The van der Waals surface area contributed by atoms with Crippen LogP contribution in [0.3, 0.4) is 0 Å². The molecular weight excluding hydrogens is 276 g/mol. The minimum absolute atomic E-state index is 0.171. The number of rotatable bonds is 2. The molecule has 0 aliphatic carbocycles. The molecule has 0 spiro atoms. The molecule has 3 aromatic heterocycles. The Kier molecular flexibility index (Phi) is 2.83. The van der Waals surface area contributed by atoms with Crippen molar-refractivity contribution in [3.8, 4) is 22.5 Å². The van der Waals surface area contributed by atoms with Crippen LogP contribution in [-0.4, -0.2) is 19.6 Å². The topological polar surface area (TPSA) is 63.0 Å². The molecule has 0 fully saturated rings. The van der Waals surface area contributed by atoms with Crippen molar-refractivity contribution in [3.63, 3.8) is 0 Å². The standard InChI is InChI=1S/C17H12N4O/c22-16-10-15(12-6-2-1-3-7-12)20-17-13(11-19-21(16)17)14-8-4-5-9-18-14/h1-11,20H. The van der Waals surface area contributed by atoms with Crippen molar-refractivity contribution in [1.82, 2.24) is 19.6 Å². The van der Waals surface area contributed by atoms with Gasteiger partial charge in [0, 0.05) is 12.3 Å². The lowest BCUT2D eigenvalue weighted by molar-refractivity contribution is 0.901. The van der Waals surface area contributed by atoms with Crippen molar-refractivity contribution in [1.29, 1.82) is 0 Å². The van der Waals surface area contributed by atoms with E-state index < -0.39 is 0 Å². The van der Waals surface area contributed by atoms with Crippen LogP contribution >= 0.6 is 0 Å². The molecule has 22 heavy (non-hydrogen) atoms. The van der Waals surface area contributed by atoms with E-state index in [-0.39, 0.29) is 5.56 Å². The van der Waals surface area contributed by atoms with Crippen LogP contribution in [0.1, 0.15) is 0 Å². The van der Waals surface area contributed by atoms with Gasteiger partial charge in [-0.2, -0.15) is 9.61 Å². The predicted octanol–water partition coefficient (Wildman–Crippen LogP) is 2.75. The smallest absolute Gasteiger partial charge is 0.274 e. The first-order chi connectivity index (χ1) is 10.8. The minimum atomic E-state index is -0.171. The number of fused-ring (bicyclic) bond motifs is 1. The van der Waals surface area contributed by atoms with Crippen molar-refractivity contribution < 1.29 is 0 Å². The number of hydrogen-bond donors (Lipinski definition) is 1. The molecular formula is C17H12N4O. The van der Waals surface area contributed by atoms with E-state index in [2.05, 4.69) is 15.1 Å². The van der Waals surface area contributed by atoms with Gasteiger partial charge in [-0.1, -0.05) is 36.4 Å². The second-order valence-corrected chi connectivity index (χ2v) is 4.92. The van der Waals surface area contributed by atoms with Crippen LogP contribution in [-0.2, 0) is 0 Å². The fourth-order valence-electron chi connectivity index (χ4n) is 2.47. The summed E-state index contributed by atoms with van der Waals surface area (Å²) < 4.78 is 1.36. The van der Waals surface area contributed by atoms with Crippen molar-refractivity contribution in [2.45, 2.75) is 0 Å². The van der Waals surface area contributed by atoms with E-state index in [0.717, 1.165) is 22.5 Å². The molecule has 3 heterocycles. The van der Waals surface area contributed by atoms with Gasteiger partial charge in [-0.3, -0.25) is 9.78 Å². The van der Waals surface area contributed by atoms with E-state index >= 15 is 0 Å². The molecule has 0 amide bonds. The lowest BCUT2D eigenvalue weighted by Crippen LogP contribution is -2.14. The maximum atomic E-state index is 12.3. The number of pyridine rings is 1. The Morgan fingerprint density at radius 1 is 1.00 bits per heavy atom. The highest BCUT2D eigenvalue weighted by molar-refractivity contribution is 5.76. The van der Waals surface area contributed by atoms with Gasteiger partial charge in [0.25, 0.3) is 5.56 Å². The molecule has 5 nitrogen and oxygen atoms in total. The first kappa shape index (κ1) is 12.5. The summed E-state index contributed by atoms with van der Waals surface area (Å²) in [6.45, 7) is 0. The lowest BCUT2D eigenvalue weighted by atomic mass is 10.1. The van der Waals surface area contributed by atoms with Crippen LogP contribution in [0.2, 0.25) is 0 Å². The molecule has 0 saturated heterocycles. The molecule has 1 aromatic carbocycles. The second kappa shape index (κ2) is 4.96. The fraction of sp³-hybridized carbons (Fsp3) is 0. The normalized spacial score (nSPS) is 10.9. The molecule has 4 rings (SSSR count). The van der Waals surface area contributed by atoms with Gasteiger partial charge in [-0.25, -0.2) is 0 Å². The summed E-state index contributed by atoms with van der Waals surface area (Å²) in [6, 6.07) is 16.9. The molecule has 0 saturated carbocycles. The van der Waals surface area contributed by atoms with Gasteiger partial charge in [0.2, 0.25) is 0 Å². The molecule has 0 radical (unpaired) electrons. The third-order valence-corrected chi connectivity index (χ3v) is 3.52. The van der Waals surface area contributed by atoms with E-state index in [1.807, 2.05) is 48.5 Å². The van der Waals surface area contributed by atoms with Crippen LogP contribution in [0.5, 0.6) is 0 Å². The van der Waals surface area contributed by atoms with Crippen molar-refractivity contribution >= 4 is 5.65 Å². The molecule has 0 aliphatic rings. The Balaban J connectivity index is 1.99. The van der Waals surface area contributed by atoms with Crippen LogP contribution in [0.15, 0.2) is 71.8 Å². The van der Waals surface area contributed by atoms with Crippen LogP contribution < -0.4 is 5.56 Å². The summed E-state index contributed by atoms with van der Waals surface area (Å²) in [4.78, 5) is 19.9. The Labute approximate surface area is 125 Å². The van der Waals surface area contributed by atoms with Gasteiger partial charge < -0.3 is 4.98 Å². The zero-order valence-corrected chi connectivity index (χ0v) is 11.6. The van der Waals surface area contributed by atoms with E-state index in [4.69, 9.17) is 0 Å². The summed E-state index contributed by atoms with van der Waals surface area (Å²) >= 11 is 0. The molecule has 0 aliphatic heterocycles. The average Bonchev–Trinajstić information content (AvgIpc) is 3.01. The van der Waals surface area contributed by atoms with Crippen LogP contribution in [0.25, 0.3) is 28.2 Å². The number of aromatic nitrogens is 4. The van der Waals surface area contributed by atoms with Gasteiger partial charge in [0.15, 0.2) is 0 Å². The Bertz CT molecular complexity index is 988. The Hall–Kier alpha value is -3.21. The number of hydrogen-bond acceptors (Lipinski definition) is 3. The van der Waals surface area contributed by atoms with Crippen LogP contribution in [0.4, 0.5) is 0 Å². The summed E-state index contributed by atoms with van der Waals surface area (Å²) in [5.41, 5.74) is 3.76. The second-order valence-electron chi connectivity index (χ2n) is 4.92. The number of H-pyrrole nitrogens is 1. The predicted molar refractivity (Wildman–Crippen MR) is 84.5 cm³/mol. The van der Waals surface area contributed by atoms with Gasteiger partial charge in [0.05, 0.1) is 23.1 Å². The van der Waals surface area contributed by atoms with Crippen molar-refractivity contribution in [2.75, 3.05) is 0 Å². The summed E-state index contributed by atoms with van der Waals surface area (Å²) in [5, 5.41) is 4.16. The minimum Gasteiger partial charge on any atom is -0.339 e. The van der Waals surface area contributed by atoms with E-state index in [0.29, 0.717) is 5.65 Å². The summed E-state index contributed by atoms with van der Waals surface area (Å²) in [7, 11) is 0. The van der Waals surface area contributed by atoms with E-state index in [1.54, 1.807) is 18.5 Å². The van der Waals surface area contributed by atoms with E-state index in [9.17, 15) is 4.79 Å². The molecule has 0 unspecified atom stereocenters. The maximum absolute atomic E-state index is 12.3. The number of benzene rings is 1. The third kappa shape index (κ3) is 2.00. The number of aromatic amines is 1.